The second-order valence-corrected chi connectivity index (χ2v) is 4.75. The first-order valence-corrected chi connectivity index (χ1v) is 6.19. The van der Waals surface area contributed by atoms with Gasteiger partial charge in [0.15, 0.2) is 6.61 Å². The van der Waals surface area contributed by atoms with E-state index in [0.29, 0.717) is 0 Å². The molecule has 0 aromatic heterocycles. The summed E-state index contributed by atoms with van der Waals surface area (Å²) in [4.78, 5) is 13.2. The van der Waals surface area contributed by atoms with E-state index in [2.05, 4.69) is 0 Å². The third kappa shape index (κ3) is 4.21. The van der Waals surface area contributed by atoms with Gasteiger partial charge in [-0.1, -0.05) is 0 Å². The number of rotatable bonds is 5. The first kappa shape index (κ1) is 15.4. The van der Waals surface area contributed by atoms with Gasteiger partial charge in [0.25, 0.3) is 5.91 Å². The van der Waals surface area contributed by atoms with Crippen LogP contribution in [-0.4, -0.2) is 35.6 Å². The zero-order valence-electron chi connectivity index (χ0n) is 11.7. The van der Waals surface area contributed by atoms with Gasteiger partial charge in [0.1, 0.15) is 11.6 Å². The highest BCUT2D eigenvalue weighted by atomic mass is 19.1. The monoisotopic (exact) mass is 269 g/mol. The summed E-state index contributed by atoms with van der Waals surface area (Å²) in [5.41, 5.74) is 0.206. The van der Waals surface area contributed by atoms with E-state index in [-0.39, 0.29) is 29.9 Å². The van der Waals surface area contributed by atoms with Crippen LogP contribution in [0.2, 0.25) is 0 Å². The lowest BCUT2D eigenvalue weighted by atomic mass is 10.1. The van der Waals surface area contributed by atoms with Gasteiger partial charge in [-0.25, -0.2) is 4.39 Å². The molecule has 1 aromatic rings. The molecule has 0 heterocycles. The Hall–Kier alpha value is -1.62. The minimum atomic E-state index is -0.872. The molecule has 1 aromatic carbocycles. The van der Waals surface area contributed by atoms with Crippen molar-refractivity contribution in [3.8, 4) is 5.75 Å². The largest absolute Gasteiger partial charge is 0.484 e. The van der Waals surface area contributed by atoms with E-state index < -0.39 is 11.9 Å². The number of carbonyl (C=O) groups is 1. The molecule has 1 amide bonds. The van der Waals surface area contributed by atoms with Crippen LogP contribution in [0.4, 0.5) is 4.39 Å². The number of aliphatic hydroxyl groups is 1. The number of halogens is 1. The van der Waals surface area contributed by atoms with Gasteiger partial charge in [-0.2, -0.15) is 0 Å². The van der Waals surface area contributed by atoms with Crippen molar-refractivity contribution in [1.29, 1.82) is 0 Å². The van der Waals surface area contributed by atoms with Crippen molar-refractivity contribution in [3.63, 3.8) is 0 Å². The highest BCUT2D eigenvalue weighted by molar-refractivity contribution is 5.77. The molecule has 1 unspecified atom stereocenters. The number of hydrogen-bond acceptors (Lipinski definition) is 3. The number of likely N-dealkylation sites (N-methyl/N-ethyl adjacent to an activating group) is 1. The highest BCUT2D eigenvalue weighted by Crippen LogP contribution is 2.21. The lowest BCUT2D eigenvalue weighted by Crippen LogP contribution is -2.36. The predicted molar refractivity (Wildman–Crippen MR) is 70.4 cm³/mol. The van der Waals surface area contributed by atoms with Gasteiger partial charge in [-0.3, -0.25) is 4.79 Å². The number of nitrogens with zero attached hydrogens (tertiary/aromatic N) is 1. The van der Waals surface area contributed by atoms with Gasteiger partial charge >= 0.3 is 0 Å². The summed E-state index contributed by atoms with van der Waals surface area (Å²) in [6, 6.07) is 4.25. The standard InChI is InChI=1S/C14H20FNO3/c1-9(2)16(4)14(18)8-19-11-5-6-12(10(3)17)13(15)7-11/h5-7,9-10,17H,8H2,1-4H3. The van der Waals surface area contributed by atoms with Crippen LogP contribution in [0.15, 0.2) is 18.2 Å². The molecule has 0 saturated carbocycles. The normalized spacial score (nSPS) is 12.4. The molecule has 0 aliphatic heterocycles. The van der Waals surface area contributed by atoms with Gasteiger partial charge in [0.2, 0.25) is 0 Å². The molecule has 5 heteroatoms. The number of benzene rings is 1. The molecule has 0 fully saturated rings. The molecule has 0 aliphatic carbocycles. The lowest BCUT2D eigenvalue weighted by Gasteiger charge is -2.21. The first-order valence-electron chi connectivity index (χ1n) is 6.19. The zero-order valence-corrected chi connectivity index (χ0v) is 11.7. The molecule has 106 valence electrons. The van der Waals surface area contributed by atoms with Crippen LogP contribution in [-0.2, 0) is 4.79 Å². The lowest BCUT2D eigenvalue weighted by molar-refractivity contribution is -0.133. The summed E-state index contributed by atoms with van der Waals surface area (Å²) in [5, 5.41) is 9.31. The van der Waals surface area contributed by atoms with Crippen molar-refractivity contribution >= 4 is 5.91 Å². The van der Waals surface area contributed by atoms with Crippen LogP contribution in [0.25, 0.3) is 0 Å². The van der Waals surface area contributed by atoms with E-state index >= 15 is 0 Å². The number of aliphatic hydroxyl groups excluding tert-OH is 1. The summed E-state index contributed by atoms with van der Waals surface area (Å²) in [5.74, 6) is -0.445. The minimum absolute atomic E-state index is 0.0884. The molecule has 1 rings (SSSR count). The maximum atomic E-state index is 13.6. The van der Waals surface area contributed by atoms with Crippen molar-refractivity contribution in [1.82, 2.24) is 4.90 Å². The van der Waals surface area contributed by atoms with Gasteiger partial charge in [0, 0.05) is 24.7 Å². The summed E-state index contributed by atoms with van der Waals surface area (Å²) < 4.78 is 18.8. The Kier molecular flexibility index (Phi) is 5.30. The van der Waals surface area contributed by atoms with Gasteiger partial charge in [-0.15, -0.1) is 0 Å². The number of amides is 1. The molecule has 1 atom stereocenters. The van der Waals surface area contributed by atoms with E-state index in [4.69, 9.17) is 4.74 Å². The molecule has 0 bridgehead atoms. The van der Waals surface area contributed by atoms with Crippen LogP contribution in [0, 0.1) is 5.82 Å². The Morgan fingerprint density at radius 2 is 2.05 bits per heavy atom. The average molecular weight is 269 g/mol. The molecule has 0 saturated heterocycles. The Morgan fingerprint density at radius 1 is 1.42 bits per heavy atom. The van der Waals surface area contributed by atoms with Crippen LogP contribution >= 0.6 is 0 Å². The predicted octanol–water partition coefficient (Wildman–Crippen LogP) is 2.12. The Labute approximate surface area is 112 Å². The SMILES string of the molecule is CC(O)c1ccc(OCC(=O)N(C)C(C)C)cc1F. The number of carbonyl (C=O) groups excluding carboxylic acids is 1. The number of hydrogen-bond donors (Lipinski definition) is 1. The topological polar surface area (TPSA) is 49.8 Å². The Bertz CT molecular complexity index is 446. The van der Waals surface area contributed by atoms with Crippen LogP contribution in [0.3, 0.4) is 0 Å². The minimum Gasteiger partial charge on any atom is -0.484 e. The van der Waals surface area contributed by atoms with Crippen molar-refractivity contribution in [2.45, 2.75) is 32.9 Å². The summed E-state index contributed by atoms with van der Waals surface area (Å²) in [7, 11) is 1.69. The van der Waals surface area contributed by atoms with Crippen molar-refractivity contribution < 1.29 is 19.0 Å². The second kappa shape index (κ2) is 6.52. The fraction of sp³-hybridized carbons (Fsp3) is 0.500. The maximum Gasteiger partial charge on any atom is 0.260 e. The fourth-order valence-electron chi connectivity index (χ4n) is 1.47. The Morgan fingerprint density at radius 3 is 2.53 bits per heavy atom. The third-order valence-corrected chi connectivity index (χ3v) is 2.95. The summed E-state index contributed by atoms with van der Waals surface area (Å²) in [6.45, 7) is 5.15. The maximum absolute atomic E-state index is 13.6. The first-order chi connectivity index (χ1) is 8.82. The Balaban J connectivity index is 2.64. The fourth-order valence-corrected chi connectivity index (χ4v) is 1.47. The van der Waals surface area contributed by atoms with Crippen LogP contribution in [0.1, 0.15) is 32.4 Å². The van der Waals surface area contributed by atoms with E-state index in [1.807, 2.05) is 13.8 Å². The third-order valence-electron chi connectivity index (χ3n) is 2.95. The van der Waals surface area contributed by atoms with Gasteiger partial charge in [0.05, 0.1) is 6.10 Å². The van der Waals surface area contributed by atoms with E-state index in [0.717, 1.165) is 0 Å². The van der Waals surface area contributed by atoms with E-state index in [1.54, 1.807) is 11.9 Å². The van der Waals surface area contributed by atoms with Crippen molar-refractivity contribution in [3.05, 3.63) is 29.6 Å². The molecule has 0 aliphatic rings. The molecule has 4 nitrogen and oxygen atoms in total. The molecule has 0 spiro atoms. The quantitative estimate of drug-likeness (QED) is 0.890. The van der Waals surface area contributed by atoms with Crippen molar-refractivity contribution in [2.24, 2.45) is 0 Å². The molecule has 0 radical (unpaired) electrons. The van der Waals surface area contributed by atoms with Crippen molar-refractivity contribution in [2.75, 3.05) is 13.7 Å². The van der Waals surface area contributed by atoms with Gasteiger partial charge in [-0.05, 0) is 32.9 Å². The van der Waals surface area contributed by atoms with Crippen LogP contribution in [0.5, 0.6) is 5.75 Å². The molecule has 1 N–H and O–H groups in total. The summed E-state index contributed by atoms with van der Waals surface area (Å²) >= 11 is 0. The van der Waals surface area contributed by atoms with E-state index in [9.17, 15) is 14.3 Å². The smallest absolute Gasteiger partial charge is 0.260 e. The highest BCUT2D eigenvalue weighted by Gasteiger charge is 2.13. The second-order valence-electron chi connectivity index (χ2n) is 4.75. The average Bonchev–Trinajstić information content (AvgIpc) is 2.34. The number of ether oxygens (including phenoxy) is 1. The van der Waals surface area contributed by atoms with Crippen LogP contribution < -0.4 is 4.74 Å². The van der Waals surface area contributed by atoms with Gasteiger partial charge < -0.3 is 14.7 Å². The molecular formula is C14H20FNO3. The summed E-state index contributed by atoms with van der Waals surface area (Å²) in [6.07, 6.45) is -0.872. The van der Waals surface area contributed by atoms with E-state index in [1.165, 1.54) is 25.1 Å². The zero-order chi connectivity index (χ0) is 14.6. The molecular weight excluding hydrogens is 249 g/mol. The molecule has 19 heavy (non-hydrogen) atoms.